The van der Waals surface area contributed by atoms with Crippen molar-refractivity contribution >= 4 is 22.6 Å². The van der Waals surface area contributed by atoms with Crippen LogP contribution in [-0.2, 0) is 6.54 Å². The van der Waals surface area contributed by atoms with Crippen LogP contribution in [-0.4, -0.2) is 9.55 Å². The van der Waals surface area contributed by atoms with E-state index in [-0.39, 0.29) is 5.69 Å². The van der Waals surface area contributed by atoms with Crippen molar-refractivity contribution in [2.45, 2.75) is 13.5 Å². The maximum absolute atomic E-state index is 12.0. The Kier molecular flexibility index (Phi) is 2.91. The predicted molar refractivity (Wildman–Crippen MR) is 77.8 cm³/mol. The molecule has 0 amide bonds. The van der Waals surface area contributed by atoms with Crippen molar-refractivity contribution in [3.8, 4) is 0 Å². The van der Waals surface area contributed by atoms with Gasteiger partial charge in [-0.25, -0.2) is 4.79 Å². The Bertz CT molecular complexity index is 801. The number of aromatic amines is 1. The molecule has 0 saturated heterocycles. The van der Waals surface area contributed by atoms with Gasteiger partial charge >= 0.3 is 5.69 Å². The van der Waals surface area contributed by atoms with Crippen LogP contribution in [0.25, 0.3) is 11.0 Å². The number of hydrogen-bond donors (Lipinski definition) is 1. The van der Waals surface area contributed by atoms with Gasteiger partial charge in [-0.3, -0.25) is 4.57 Å². The third-order valence-corrected chi connectivity index (χ3v) is 3.50. The van der Waals surface area contributed by atoms with Crippen molar-refractivity contribution < 1.29 is 0 Å². The molecular formula is C15H13ClN2O. The van der Waals surface area contributed by atoms with Crippen LogP contribution < -0.4 is 5.69 Å². The molecule has 1 aromatic heterocycles. The summed E-state index contributed by atoms with van der Waals surface area (Å²) < 4.78 is 1.70. The Morgan fingerprint density at radius 3 is 2.79 bits per heavy atom. The lowest BCUT2D eigenvalue weighted by Gasteiger charge is -2.05. The number of hydrogen-bond acceptors (Lipinski definition) is 1. The Morgan fingerprint density at radius 1 is 1.21 bits per heavy atom. The fraction of sp³-hybridized carbons (Fsp3) is 0.133. The molecular weight excluding hydrogens is 260 g/mol. The van der Waals surface area contributed by atoms with Crippen molar-refractivity contribution in [1.29, 1.82) is 0 Å². The van der Waals surface area contributed by atoms with Gasteiger partial charge in [0.05, 0.1) is 22.6 Å². The number of H-pyrrole nitrogens is 1. The number of rotatable bonds is 2. The third-order valence-electron chi connectivity index (χ3n) is 3.18. The molecule has 0 aliphatic heterocycles. The van der Waals surface area contributed by atoms with Crippen LogP contribution in [0.4, 0.5) is 0 Å². The summed E-state index contributed by atoms with van der Waals surface area (Å²) in [5.74, 6) is 0. The second-order valence-electron chi connectivity index (χ2n) is 4.64. The molecule has 0 unspecified atom stereocenters. The third kappa shape index (κ3) is 2.17. The Balaban J connectivity index is 2.13. The van der Waals surface area contributed by atoms with E-state index in [4.69, 9.17) is 11.6 Å². The predicted octanol–water partition coefficient (Wildman–Crippen LogP) is 3.34. The van der Waals surface area contributed by atoms with Gasteiger partial charge in [-0.2, -0.15) is 0 Å². The number of para-hydroxylation sites is 1. The largest absolute Gasteiger partial charge is 0.326 e. The van der Waals surface area contributed by atoms with Crippen LogP contribution in [0.3, 0.4) is 0 Å². The highest BCUT2D eigenvalue weighted by Gasteiger charge is 2.09. The quantitative estimate of drug-likeness (QED) is 0.763. The molecule has 0 saturated carbocycles. The Hall–Kier alpha value is -2.00. The van der Waals surface area contributed by atoms with Crippen molar-refractivity contribution in [1.82, 2.24) is 9.55 Å². The van der Waals surface area contributed by atoms with Crippen LogP contribution in [0.5, 0.6) is 0 Å². The fourth-order valence-corrected chi connectivity index (χ4v) is 2.51. The summed E-state index contributed by atoms with van der Waals surface area (Å²) in [6.07, 6.45) is 0. The molecule has 3 nitrogen and oxygen atoms in total. The molecule has 2 aromatic carbocycles. The molecule has 4 heteroatoms. The zero-order valence-electron chi connectivity index (χ0n) is 10.5. The van der Waals surface area contributed by atoms with E-state index in [2.05, 4.69) is 11.1 Å². The normalized spacial score (nSPS) is 11.1. The lowest BCUT2D eigenvalue weighted by Crippen LogP contribution is -2.17. The van der Waals surface area contributed by atoms with E-state index >= 15 is 0 Å². The minimum absolute atomic E-state index is 0.135. The highest BCUT2D eigenvalue weighted by Crippen LogP contribution is 2.20. The number of halogens is 1. The number of aryl methyl sites for hydroxylation is 1. The van der Waals surface area contributed by atoms with Crippen LogP contribution in [0.2, 0.25) is 5.02 Å². The molecule has 96 valence electrons. The highest BCUT2D eigenvalue weighted by atomic mass is 35.5. The molecule has 1 N–H and O–H groups in total. The van der Waals surface area contributed by atoms with Gasteiger partial charge in [-0.15, -0.1) is 0 Å². The number of benzene rings is 2. The van der Waals surface area contributed by atoms with E-state index in [9.17, 15) is 4.79 Å². The molecule has 3 aromatic rings. The van der Waals surface area contributed by atoms with E-state index in [1.54, 1.807) is 10.6 Å². The summed E-state index contributed by atoms with van der Waals surface area (Å²) in [6, 6.07) is 13.7. The Labute approximate surface area is 115 Å². The van der Waals surface area contributed by atoms with Gasteiger partial charge in [0.25, 0.3) is 0 Å². The molecule has 0 radical (unpaired) electrons. The minimum Gasteiger partial charge on any atom is -0.304 e. The van der Waals surface area contributed by atoms with Gasteiger partial charge in [0.2, 0.25) is 0 Å². The van der Waals surface area contributed by atoms with Crippen LogP contribution in [0, 0.1) is 6.92 Å². The van der Waals surface area contributed by atoms with Crippen molar-refractivity contribution in [2.75, 3.05) is 0 Å². The minimum atomic E-state index is -0.135. The molecule has 0 spiro atoms. The van der Waals surface area contributed by atoms with Crippen molar-refractivity contribution in [3.63, 3.8) is 0 Å². The number of fused-ring (bicyclic) bond motifs is 1. The van der Waals surface area contributed by atoms with E-state index < -0.39 is 0 Å². The van der Waals surface area contributed by atoms with E-state index in [0.29, 0.717) is 17.1 Å². The van der Waals surface area contributed by atoms with E-state index in [1.165, 1.54) is 5.56 Å². The first-order chi connectivity index (χ1) is 9.15. The maximum atomic E-state index is 12.0. The summed E-state index contributed by atoms with van der Waals surface area (Å²) in [7, 11) is 0. The van der Waals surface area contributed by atoms with E-state index in [1.807, 2.05) is 37.3 Å². The van der Waals surface area contributed by atoms with Gasteiger partial charge < -0.3 is 4.98 Å². The van der Waals surface area contributed by atoms with Crippen molar-refractivity contribution in [2.24, 2.45) is 0 Å². The number of imidazole rings is 1. The molecule has 0 fully saturated rings. The summed E-state index contributed by atoms with van der Waals surface area (Å²) in [5.41, 5.74) is 3.68. The second-order valence-corrected chi connectivity index (χ2v) is 5.05. The van der Waals surface area contributed by atoms with Gasteiger partial charge in [0, 0.05) is 0 Å². The molecule has 1 heterocycles. The first-order valence-electron chi connectivity index (χ1n) is 6.08. The summed E-state index contributed by atoms with van der Waals surface area (Å²) in [4.78, 5) is 14.8. The summed E-state index contributed by atoms with van der Waals surface area (Å²) >= 11 is 6.09. The maximum Gasteiger partial charge on any atom is 0.326 e. The zero-order valence-corrected chi connectivity index (χ0v) is 11.2. The molecule has 3 rings (SSSR count). The van der Waals surface area contributed by atoms with Crippen LogP contribution in [0.1, 0.15) is 11.1 Å². The van der Waals surface area contributed by atoms with Gasteiger partial charge in [0.1, 0.15) is 0 Å². The molecule has 0 bridgehead atoms. The average molecular weight is 273 g/mol. The first-order valence-corrected chi connectivity index (χ1v) is 6.45. The van der Waals surface area contributed by atoms with Crippen molar-refractivity contribution in [3.05, 3.63) is 69.1 Å². The number of nitrogens with zero attached hydrogens (tertiary/aromatic N) is 1. The molecule has 0 aliphatic rings. The fourth-order valence-electron chi connectivity index (χ4n) is 2.30. The molecule has 0 atom stereocenters. The lowest BCUT2D eigenvalue weighted by molar-refractivity contribution is 0.786. The lowest BCUT2D eigenvalue weighted by atomic mass is 10.1. The smallest absolute Gasteiger partial charge is 0.304 e. The van der Waals surface area contributed by atoms with Gasteiger partial charge in [-0.1, -0.05) is 47.5 Å². The topological polar surface area (TPSA) is 37.8 Å². The van der Waals surface area contributed by atoms with Gasteiger partial charge in [-0.05, 0) is 24.6 Å². The van der Waals surface area contributed by atoms with Gasteiger partial charge in [0.15, 0.2) is 0 Å². The van der Waals surface area contributed by atoms with Crippen LogP contribution >= 0.6 is 11.6 Å². The van der Waals surface area contributed by atoms with E-state index in [0.717, 1.165) is 11.1 Å². The average Bonchev–Trinajstić information content (AvgIpc) is 2.69. The standard InChI is InChI=1S/C15H13ClN2O/c1-10-4-2-5-11(8-10)9-18-13-7-3-6-12(16)14(13)17-15(18)19/h2-8H,9H2,1H3,(H,17,19). The molecule has 0 aliphatic carbocycles. The second kappa shape index (κ2) is 4.59. The SMILES string of the molecule is Cc1cccc(Cn2c(=O)[nH]c3c(Cl)cccc32)c1. The zero-order chi connectivity index (χ0) is 13.4. The number of aromatic nitrogens is 2. The highest BCUT2D eigenvalue weighted by molar-refractivity contribution is 6.34. The first kappa shape index (κ1) is 12.1. The Morgan fingerprint density at radius 2 is 2.00 bits per heavy atom. The number of nitrogens with one attached hydrogen (secondary N) is 1. The summed E-state index contributed by atoms with van der Waals surface area (Å²) in [5, 5.41) is 0.567. The molecule has 19 heavy (non-hydrogen) atoms. The van der Waals surface area contributed by atoms with Crippen LogP contribution in [0.15, 0.2) is 47.3 Å². The summed E-state index contributed by atoms with van der Waals surface area (Å²) in [6.45, 7) is 2.58. The monoisotopic (exact) mass is 272 g/mol.